The highest BCUT2D eigenvalue weighted by Crippen LogP contribution is 2.50. The molecule has 2 aromatic carbocycles. The summed E-state index contributed by atoms with van der Waals surface area (Å²) in [6.07, 6.45) is 3.78. The third-order valence-electron chi connectivity index (χ3n) is 4.63. The van der Waals surface area contributed by atoms with Gasteiger partial charge in [-0.1, -0.05) is 23.9 Å². The second-order valence-corrected chi connectivity index (χ2v) is 9.91. The molecule has 0 radical (unpaired) electrons. The van der Waals surface area contributed by atoms with Crippen molar-refractivity contribution in [2.45, 2.75) is 13.7 Å². The van der Waals surface area contributed by atoms with Gasteiger partial charge in [0.1, 0.15) is 0 Å². The van der Waals surface area contributed by atoms with Crippen molar-refractivity contribution in [3.8, 4) is 11.1 Å². The molecule has 0 fully saturated rings. The van der Waals surface area contributed by atoms with Gasteiger partial charge in [0.2, 0.25) is 0 Å². The minimum Gasteiger partial charge on any atom is -0.254 e. The number of fused-ring (bicyclic) bond motifs is 4. The molecule has 0 aliphatic carbocycles. The van der Waals surface area contributed by atoms with Gasteiger partial charge in [-0.25, -0.2) is 0 Å². The van der Waals surface area contributed by atoms with E-state index >= 15 is 0 Å². The molecule has 2 aliphatic heterocycles. The zero-order valence-corrected chi connectivity index (χ0v) is 15.5. The SMILES string of the molecule is C1=IC1c1ccc2c(c1)-c1ccnc3c1c(cc1cccnc13)S2. The van der Waals surface area contributed by atoms with Crippen molar-refractivity contribution >= 4 is 58.3 Å². The molecule has 114 valence electrons. The molecule has 6 rings (SSSR count). The van der Waals surface area contributed by atoms with Crippen LogP contribution in [-0.2, 0) is 0 Å². The molecule has 0 saturated carbocycles. The number of rotatable bonds is 1. The summed E-state index contributed by atoms with van der Waals surface area (Å²) in [6.45, 7) is 0. The van der Waals surface area contributed by atoms with Crippen molar-refractivity contribution in [2.24, 2.45) is 0 Å². The molecule has 2 aliphatic rings. The van der Waals surface area contributed by atoms with Gasteiger partial charge in [0.05, 0.1) is 15.0 Å². The van der Waals surface area contributed by atoms with Crippen LogP contribution in [0.1, 0.15) is 9.49 Å². The number of benzene rings is 2. The lowest BCUT2D eigenvalue weighted by Gasteiger charge is -2.21. The normalized spacial score (nSPS) is 17.6. The molecule has 0 bridgehead atoms. The smallest absolute Gasteiger partial charge is 0.0982 e. The molecule has 0 amide bonds. The van der Waals surface area contributed by atoms with Crippen molar-refractivity contribution in [3.05, 3.63) is 60.4 Å². The van der Waals surface area contributed by atoms with E-state index < -0.39 is 0 Å². The molecule has 4 heterocycles. The minimum absolute atomic E-state index is 0.305. The molecular formula is C20H11IN2S. The number of halogens is 1. The number of aromatic nitrogens is 2. The third-order valence-corrected chi connectivity index (χ3v) is 7.91. The third kappa shape index (κ3) is 1.87. The van der Waals surface area contributed by atoms with Crippen LogP contribution in [-0.4, -0.2) is 14.0 Å². The summed E-state index contributed by atoms with van der Waals surface area (Å²) in [5.74, 6) is 0. The van der Waals surface area contributed by atoms with Crippen LogP contribution < -0.4 is 0 Å². The summed E-state index contributed by atoms with van der Waals surface area (Å²) in [7, 11) is 0. The predicted octanol–water partition coefficient (Wildman–Crippen LogP) is 5.74. The minimum atomic E-state index is 0.305. The quantitative estimate of drug-likeness (QED) is 0.190. The van der Waals surface area contributed by atoms with Crippen molar-refractivity contribution in [1.82, 2.24) is 9.97 Å². The fraction of sp³-hybridized carbons (Fsp3) is 0.0500. The first-order valence-corrected chi connectivity index (χ1v) is 11.1. The van der Waals surface area contributed by atoms with Gasteiger partial charge < -0.3 is 0 Å². The Morgan fingerprint density at radius 1 is 0.875 bits per heavy atom. The summed E-state index contributed by atoms with van der Waals surface area (Å²) in [6, 6.07) is 15.5. The fourth-order valence-corrected chi connectivity index (χ4v) is 6.03. The summed E-state index contributed by atoms with van der Waals surface area (Å²) in [5.41, 5.74) is 6.16. The van der Waals surface area contributed by atoms with Gasteiger partial charge in [-0.05, 0) is 51.0 Å². The van der Waals surface area contributed by atoms with Gasteiger partial charge in [0.25, 0.3) is 0 Å². The van der Waals surface area contributed by atoms with E-state index in [1.807, 2.05) is 30.2 Å². The largest absolute Gasteiger partial charge is 0.254 e. The van der Waals surface area contributed by atoms with Crippen LogP contribution in [0.3, 0.4) is 0 Å². The van der Waals surface area contributed by atoms with Crippen LogP contribution in [0.5, 0.6) is 0 Å². The number of pyridine rings is 2. The van der Waals surface area contributed by atoms with Gasteiger partial charge in [0, 0.05) is 33.0 Å². The van der Waals surface area contributed by atoms with Crippen molar-refractivity contribution in [3.63, 3.8) is 0 Å². The Labute approximate surface area is 153 Å². The zero-order valence-electron chi connectivity index (χ0n) is 12.5. The van der Waals surface area contributed by atoms with E-state index in [9.17, 15) is 0 Å². The summed E-state index contributed by atoms with van der Waals surface area (Å²) in [4.78, 5) is 11.9. The van der Waals surface area contributed by atoms with Gasteiger partial charge in [-0.3, -0.25) is 9.97 Å². The van der Waals surface area contributed by atoms with E-state index in [1.165, 1.54) is 31.9 Å². The Balaban J connectivity index is 1.74. The number of alkyl halides is 1. The second kappa shape index (κ2) is 4.86. The lowest BCUT2D eigenvalue weighted by atomic mass is 9.97. The van der Waals surface area contributed by atoms with Crippen LogP contribution in [0.15, 0.2) is 64.6 Å². The highest BCUT2D eigenvalue weighted by Gasteiger charge is 2.23. The van der Waals surface area contributed by atoms with Crippen LogP contribution >= 0.6 is 32.5 Å². The molecule has 1 atom stereocenters. The van der Waals surface area contributed by atoms with E-state index in [4.69, 9.17) is 0 Å². The van der Waals surface area contributed by atoms with Crippen LogP contribution in [0.25, 0.3) is 32.9 Å². The topological polar surface area (TPSA) is 25.8 Å². The Kier molecular flexibility index (Phi) is 2.73. The standard InChI is InChI=1S/C20H11IN2S/c1-2-12-9-17-18-13(5-7-23-20(18)19(12)22-6-1)14-8-11(15-10-21-15)3-4-16(14)24-17/h1-10,15H. The van der Waals surface area contributed by atoms with E-state index in [-0.39, 0.29) is 0 Å². The van der Waals surface area contributed by atoms with Crippen LogP contribution in [0.4, 0.5) is 0 Å². The number of hydrogen-bond donors (Lipinski definition) is 0. The Morgan fingerprint density at radius 2 is 1.79 bits per heavy atom. The zero-order chi connectivity index (χ0) is 15.7. The molecule has 4 heteroatoms. The summed E-state index contributed by atoms with van der Waals surface area (Å²) < 4.78 is 3.24. The van der Waals surface area contributed by atoms with Crippen LogP contribution in [0, 0.1) is 0 Å². The Hall–Kier alpha value is -1.79. The van der Waals surface area contributed by atoms with Crippen molar-refractivity contribution in [1.29, 1.82) is 0 Å². The maximum absolute atomic E-state index is 4.68. The van der Waals surface area contributed by atoms with Gasteiger partial charge in [-0.2, -0.15) is 0 Å². The lowest BCUT2D eigenvalue weighted by molar-refractivity contribution is 1.30. The van der Waals surface area contributed by atoms with E-state index in [0.29, 0.717) is 20.7 Å². The van der Waals surface area contributed by atoms with Crippen LogP contribution in [0.2, 0.25) is 0 Å². The van der Waals surface area contributed by atoms with E-state index in [0.717, 1.165) is 20.3 Å². The number of nitrogens with zero attached hydrogens (tertiary/aromatic N) is 2. The molecule has 1 unspecified atom stereocenters. The molecule has 0 N–H and O–H groups in total. The van der Waals surface area contributed by atoms with E-state index in [2.05, 4.69) is 50.4 Å². The van der Waals surface area contributed by atoms with Crippen molar-refractivity contribution < 1.29 is 0 Å². The van der Waals surface area contributed by atoms with Gasteiger partial charge >= 0.3 is 0 Å². The fourth-order valence-electron chi connectivity index (χ4n) is 3.46. The maximum Gasteiger partial charge on any atom is 0.0982 e. The number of hydrogen-bond acceptors (Lipinski definition) is 3. The first-order valence-electron chi connectivity index (χ1n) is 7.82. The first-order chi connectivity index (χ1) is 11.9. The lowest BCUT2D eigenvalue weighted by Crippen LogP contribution is -1.97. The average molecular weight is 438 g/mol. The van der Waals surface area contributed by atoms with Crippen molar-refractivity contribution in [2.75, 3.05) is 0 Å². The monoisotopic (exact) mass is 438 g/mol. The molecule has 2 aromatic heterocycles. The molecule has 2 nitrogen and oxygen atoms in total. The van der Waals surface area contributed by atoms with E-state index in [1.54, 1.807) is 0 Å². The van der Waals surface area contributed by atoms with Gasteiger partial charge in [0.15, 0.2) is 0 Å². The summed E-state index contributed by atoms with van der Waals surface area (Å²) in [5, 5.41) is 2.42. The average Bonchev–Trinajstić information content (AvgIpc) is 3.47. The summed E-state index contributed by atoms with van der Waals surface area (Å²) >= 11 is 2.17. The molecule has 0 spiro atoms. The molecule has 24 heavy (non-hydrogen) atoms. The molecule has 4 aromatic rings. The molecular weight excluding hydrogens is 427 g/mol. The Bertz CT molecular complexity index is 1190. The molecule has 0 saturated heterocycles. The highest BCUT2D eigenvalue weighted by atomic mass is 127. The predicted molar refractivity (Wildman–Crippen MR) is 109 cm³/mol. The Morgan fingerprint density at radius 3 is 2.71 bits per heavy atom. The second-order valence-electron chi connectivity index (χ2n) is 6.04. The maximum atomic E-state index is 4.68. The van der Waals surface area contributed by atoms with Gasteiger partial charge in [-0.15, -0.1) is 20.7 Å². The highest BCUT2D eigenvalue weighted by molar-refractivity contribution is 14.2. The first kappa shape index (κ1) is 13.5.